The molecule has 0 radical (unpaired) electrons. The van der Waals surface area contributed by atoms with Gasteiger partial charge in [0.25, 0.3) is 0 Å². The lowest BCUT2D eigenvalue weighted by molar-refractivity contribution is 0.0514. The number of rotatable bonds is 1. The number of nitrogens with one attached hydrogen (secondary N) is 1. The van der Waals surface area contributed by atoms with E-state index < -0.39 is 0 Å². The predicted octanol–water partition coefficient (Wildman–Crippen LogP) is 2.27. The number of amides is 2. The Balaban J connectivity index is 1.78. The topological polar surface area (TPSA) is 67.4 Å². The molecule has 4 rings (SSSR count). The van der Waals surface area contributed by atoms with Gasteiger partial charge in [-0.25, -0.2) is 14.8 Å². The van der Waals surface area contributed by atoms with Gasteiger partial charge in [-0.2, -0.15) is 0 Å². The minimum atomic E-state index is -0.239. The van der Waals surface area contributed by atoms with Crippen LogP contribution in [0, 0.1) is 6.92 Å². The third-order valence-corrected chi connectivity index (χ3v) is 5.23. The summed E-state index contributed by atoms with van der Waals surface area (Å²) in [7, 11) is 1.67. The molecule has 1 fully saturated rings. The molecule has 0 unspecified atom stereocenters. The molecule has 25 heavy (non-hydrogen) atoms. The van der Waals surface area contributed by atoms with Crippen LogP contribution in [0.4, 0.5) is 4.79 Å². The van der Waals surface area contributed by atoms with Gasteiger partial charge in [-0.05, 0) is 13.3 Å². The van der Waals surface area contributed by atoms with Gasteiger partial charge in [-0.3, -0.25) is 0 Å². The standard InChI is InChI=1S/C19H22N4O2/c1-13-15-10-25-12-19(8-9-23(11-19)18(24)20-2)16(15)22-17(21-13)14-6-4-3-5-7-14/h3-7H,8-12H2,1-2H3,(H,20,24)/t19-/m1/s1. The number of hydrogen-bond donors (Lipinski definition) is 1. The quantitative estimate of drug-likeness (QED) is 0.866. The smallest absolute Gasteiger partial charge is 0.317 e. The number of likely N-dealkylation sites (tertiary alicyclic amines) is 1. The van der Waals surface area contributed by atoms with E-state index in [1.807, 2.05) is 42.2 Å². The number of nitrogens with zero attached hydrogens (tertiary/aromatic N) is 3. The maximum atomic E-state index is 12.0. The molecule has 6 nitrogen and oxygen atoms in total. The number of fused-ring (bicyclic) bond motifs is 2. The van der Waals surface area contributed by atoms with Crippen LogP contribution in [-0.4, -0.2) is 47.6 Å². The number of carbonyl (C=O) groups is 1. The number of hydrogen-bond acceptors (Lipinski definition) is 4. The number of benzene rings is 1. The second kappa shape index (κ2) is 6.11. The molecule has 1 N–H and O–H groups in total. The van der Waals surface area contributed by atoms with E-state index >= 15 is 0 Å². The fraction of sp³-hybridized carbons (Fsp3) is 0.421. The van der Waals surface area contributed by atoms with Crippen LogP contribution in [0.1, 0.15) is 23.4 Å². The van der Waals surface area contributed by atoms with Gasteiger partial charge in [0.1, 0.15) is 0 Å². The van der Waals surface area contributed by atoms with Crippen molar-refractivity contribution < 1.29 is 9.53 Å². The van der Waals surface area contributed by atoms with Gasteiger partial charge >= 0.3 is 6.03 Å². The molecule has 1 saturated heterocycles. The number of aryl methyl sites for hydroxylation is 1. The van der Waals surface area contributed by atoms with Gasteiger partial charge < -0.3 is 15.0 Å². The van der Waals surface area contributed by atoms with Crippen molar-refractivity contribution in [1.29, 1.82) is 0 Å². The Morgan fingerprint density at radius 3 is 2.84 bits per heavy atom. The monoisotopic (exact) mass is 338 g/mol. The summed E-state index contributed by atoms with van der Waals surface area (Å²) < 4.78 is 5.88. The molecule has 130 valence electrons. The lowest BCUT2D eigenvalue weighted by Gasteiger charge is -2.35. The first-order chi connectivity index (χ1) is 12.1. The van der Waals surface area contributed by atoms with E-state index in [2.05, 4.69) is 5.32 Å². The maximum absolute atomic E-state index is 12.0. The van der Waals surface area contributed by atoms with Crippen molar-refractivity contribution in [3.05, 3.63) is 47.3 Å². The molecule has 0 saturated carbocycles. The predicted molar refractivity (Wildman–Crippen MR) is 94.2 cm³/mol. The largest absolute Gasteiger partial charge is 0.376 e. The van der Waals surface area contributed by atoms with Crippen LogP contribution in [0.3, 0.4) is 0 Å². The number of carbonyl (C=O) groups excluding carboxylic acids is 1. The Morgan fingerprint density at radius 1 is 1.28 bits per heavy atom. The Labute approximate surface area is 147 Å². The highest BCUT2D eigenvalue weighted by atomic mass is 16.5. The van der Waals surface area contributed by atoms with Crippen LogP contribution in [0.15, 0.2) is 30.3 Å². The highest BCUT2D eigenvalue weighted by Gasteiger charge is 2.46. The summed E-state index contributed by atoms with van der Waals surface area (Å²) in [6.07, 6.45) is 0.859. The number of ether oxygens (including phenoxy) is 1. The molecular weight excluding hydrogens is 316 g/mol. The zero-order valence-electron chi connectivity index (χ0n) is 14.6. The van der Waals surface area contributed by atoms with E-state index in [0.717, 1.165) is 34.8 Å². The average molecular weight is 338 g/mol. The molecule has 1 aromatic heterocycles. The molecule has 1 aromatic carbocycles. The Hall–Kier alpha value is -2.47. The van der Waals surface area contributed by atoms with Crippen molar-refractivity contribution in [2.45, 2.75) is 25.4 Å². The van der Waals surface area contributed by atoms with Gasteiger partial charge in [0.2, 0.25) is 0 Å². The minimum Gasteiger partial charge on any atom is -0.376 e. The van der Waals surface area contributed by atoms with E-state index in [1.54, 1.807) is 7.05 Å². The van der Waals surface area contributed by atoms with Crippen molar-refractivity contribution in [3.63, 3.8) is 0 Å². The second-order valence-electron chi connectivity index (χ2n) is 6.83. The summed E-state index contributed by atoms with van der Waals surface area (Å²) in [5, 5.41) is 2.71. The minimum absolute atomic E-state index is 0.0435. The lowest BCUT2D eigenvalue weighted by Crippen LogP contribution is -2.43. The summed E-state index contributed by atoms with van der Waals surface area (Å²) in [6.45, 7) is 4.49. The first-order valence-corrected chi connectivity index (χ1v) is 8.61. The molecule has 1 spiro atoms. The van der Waals surface area contributed by atoms with Gasteiger partial charge in [0, 0.05) is 37.0 Å². The summed E-state index contributed by atoms with van der Waals surface area (Å²) in [5.74, 6) is 0.747. The normalized spacial score (nSPS) is 22.1. The molecule has 2 aliphatic rings. The summed E-state index contributed by atoms with van der Waals surface area (Å²) in [6, 6.07) is 9.99. The van der Waals surface area contributed by atoms with Crippen LogP contribution >= 0.6 is 0 Å². The molecule has 0 aliphatic carbocycles. The molecule has 2 aromatic rings. The van der Waals surface area contributed by atoms with E-state index in [9.17, 15) is 4.79 Å². The van der Waals surface area contributed by atoms with Crippen molar-refractivity contribution in [1.82, 2.24) is 20.2 Å². The van der Waals surface area contributed by atoms with Crippen LogP contribution in [0.5, 0.6) is 0 Å². The molecule has 3 heterocycles. The SMILES string of the molecule is CNC(=O)N1CC[C@]2(COCc3c(C)nc(-c4ccccc4)nc32)C1. The first-order valence-electron chi connectivity index (χ1n) is 8.61. The van der Waals surface area contributed by atoms with Crippen molar-refractivity contribution in [2.24, 2.45) is 0 Å². The molecule has 6 heteroatoms. The fourth-order valence-corrected chi connectivity index (χ4v) is 3.86. The summed E-state index contributed by atoms with van der Waals surface area (Å²) in [5.41, 5.74) is 3.86. The van der Waals surface area contributed by atoms with E-state index in [0.29, 0.717) is 26.3 Å². The second-order valence-corrected chi connectivity index (χ2v) is 6.83. The molecular formula is C19H22N4O2. The highest BCUT2D eigenvalue weighted by molar-refractivity contribution is 5.74. The fourth-order valence-electron chi connectivity index (χ4n) is 3.86. The maximum Gasteiger partial charge on any atom is 0.317 e. The molecule has 1 atom stereocenters. The van der Waals surface area contributed by atoms with Crippen LogP contribution in [0.2, 0.25) is 0 Å². The van der Waals surface area contributed by atoms with Gasteiger partial charge in [0.05, 0.1) is 24.3 Å². The lowest BCUT2D eigenvalue weighted by atomic mass is 9.80. The van der Waals surface area contributed by atoms with E-state index in [1.165, 1.54) is 0 Å². The summed E-state index contributed by atoms with van der Waals surface area (Å²) >= 11 is 0. The van der Waals surface area contributed by atoms with Crippen molar-refractivity contribution in [2.75, 3.05) is 26.7 Å². The zero-order chi connectivity index (χ0) is 17.4. The summed E-state index contributed by atoms with van der Waals surface area (Å²) in [4.78, 5) is 23.5. The van der Waals surface area contributed by atoms with Gasteiger partial charge in [-0.15, -0.1) is 0 Å². The Morgan fingerprint density at radius 2 is 2.08 bits per heavy atom. The molecule has 2 aliphatic heterocycles. The Bertz CT molecular complexity index is 809. The number of urea groups is 1. The third-order valence-electron chi connectivity index (χ3n) is 5.23. The van der Waals surface area contributed by atoms with E-state index in [4.69, 9.17) is 14.7 Å². The third kappa shape index (κ3) is 2.66. The van der Waals surface area contributed by atoms with E-state index in [-0.39, 0.29) is 11.4 Å². The van der Waals surface area contributed by atoms with Crippen LogP contribution < -0.4 is 5.32 Å². The van der Waals surface area contributed by atoms with Crippen molar-refractivity contribution in [3.8, 4) is 11.4 Å². The zero-order valence-corrected chi connectivity index (χ0v) is 14.6. The molecule has 2 amide bonds. The van der Waals surface area contributed by atoms with Crippen molar-refractivity contribution >= 4 is 6.03 Å². The van der Waals surface area contributed by atoms with Crippen LogP contribution in [0.25, 0.3) is 11.4 Å². The van der Waals surface area contributed by atoms with Crippen LogP contribution in [-0.2, 0) is 16.8 Å². The molecule has 0 bridgehead atoms. The average Bonchev–Trinajstić information content (AvgIpc) is 3.07. The first kappa shape index (κ1) is 16.0. The Kier molecular flexibility index (Phi) is 3.92. The number of aromatic nitrogens is 2. The van der Waals surface area contributed by atoms with Gasteiger partial charge in [-0.1, -0.05) is 30.3 Å². The van der Waals surface area contributed by atoms with Gasteiger partial charge in [0.15, 0.2) is 5.82 Å². The highest BCUT2D eigenvalue weighted by Crippen LogP contribution is 2.40.